The molecule has 0 radical (unpaired) electrons. The molecule has 0 aromatic heterocycles. The van der Waals surface area contributed by atoms with Crippen LogP contribution in [0, 0.1) is 17.8 Å². The van der Waals surface area contributed by atoms with Crippen molar-refractivity contribution in [3.05, 3.63) is 12.2 Å². The SMILES string of the molecule is CC(C)CCCCCCC(=O)C1CCC(CN2C(=O)C=CC2=O)CC1. The van der Waals surface area contributed by atoms with E-state index >= 15 is 0 Å². The Labute approximate surface area is 152 Å². The van der Waals surface area contributed by atoms with Gasteiger partial charge in [0.2, 0.25) is 0 Å². The number of nitrogens with zero attached hydrogens (tertiary/aromatic N) is 1. The number of carbonyl (C=O) groups is 3. The lowest BCUT2D eigenvalue weighted by Crippen LogP contribution is -2.36. The van der Waals surface area contributed by atoms with Gasteiger partial charge in [-0.1, -0.05) is 39.5 Å². The number of amides is 2. The van der Waals surface area contributed by atoms with Crippen LogP contribution in [0.5, 0.6) is 0 Å². The van der Waals surface area contributed by atoms with Gasteiger partial charge in [0.15, 0.2) is 0 Å². The zero-order valence-electron chi connectivity index (χ0n) is 15.8. The maximum absolute atomic E-state index is 12.4. The summed E-state index contributed by atoms with van der Waals surface area (Å²) in [6, 6.07) is 0. The van der Waals surface area contributed by atoms with Crippen LogP contribution in [-0.4, -0.2) is 29.0 Å². The number of unbranched alkanes of at least 4 members (excludes halogenated alkanes) is 3. The summed E-state index contributed by atoms with van der Waals surface area (Å²) in [6.45, 7) is 5.03. The van der Waals surface area contributed by atoms with E-state index in [-0.39, 0.29) is 17.7 Å². The lowest BCUT2D eigenvalue weighted by Gasteiger charge is -2.30. The zero-order chi connectivity index (χ0) is 18.2. The van der Waals surface area contributed by atoms with E-state index < -0.39 is 0 Å². The maximum Gasteiger partial charge on any atom is 0.253 e. The van der Waals surface area contributed by atoms with Crippen molar-refractivity contribution in [2.45, 2.75) is 78.1 Å². The Kier molecular flexibility index (Phi) is 7.86. The third-order valence-electron chi connectivity index (χ3n) is 5.60. The van der Waals surface area contributed by atoms with Crippen molar-refractivity contribution >= 4 is 17.6 Å². The van der Waals surface area contributed by atoms with E-state index in [1.54, 1.807) is 0 Å². The Morgan fingerprint density at radius 2 is 1.60 bits per heavy atom. The number of Topliss-reactive ketones (excluding diaryl/α,β-unsaturated/α-hetero) is 1. The quantitative estimate of drug-likeness (QED) is 0.438. The van der Waals surface area contributed by atoms with Gasteiger partial charge in [0.05, 0.1) is 0 Å². The molecule has 4 nitrogen and oxygen atoms in total. The molecule has 0 spiro atoms. The lowest BCUT2D eigenvalue weighted by molar-refractivity contribution is -0.138. The highest BCUT2D eigenvalue weighted by Crippen LogP contribution is 2.31. The second-order valence-electron chi connectivity index (χ2n) is 8.15. The number of rotatable bonds is 10. The smallest absolute Gasteiger partial charge is 0.253 e. The van der Waals surface area contributed by atoms with Crippen molar-refractivity contribution in [3.63, 3.8) is 0 Å². The first-order chi connectivity index (χ1) is 12.0. The Morgan fingerprint density at radius 3 is 2.20 bits per heavy atom. The predicted octanol–water partition coefficient (Wildman–Crippen LogP) is 4.28. The second-order valence-corrected chi connectivity index (χ2v) is 8.15. The van der Waals surface area contributed by atoms with Crippen molar-refractivity contribution in [1.29, 1.82) is 0 Å². The number of hydrogen-bond acceptors (Lipinski definition) is 3. The van der Waals surface area contributed by atoms with E-state index in [0.717, 1.165) is 44.4 Å². The summed E-state index contributed by atoms with van der Waals surface area (Å²) < 4.78 is 0. The van der Waals surface area contributed by atoms with Crippen LogP contribution >= 0.6 is 0 Å². The van der Waals surface area contributed by atoms with E-state index in [1.807, 2.05) is 0 Å². The van der Waals surface area contributed by atoms with E-state index in [4.69, 9.17) is 0 Å². The van der Waals surface area contributed by atoms with Gasteiger partial charge in [-0.3, -0.25) is 19.3 Å². The normalized spacial score (nSPS) is 23.7. The molecule has 0 aromatic rings. The van der Waals surface area contributed by atoms with Crippen molar-refractivity contribution in [2.24, 2.45) is 17.8 Å². The zero-order valence-corrected chi connectivity index (χ0v) is 15.8. The molecular formula is C21H33NO3. The minimum Gasteiger partial charge on any atom is -0.299 e. The molecule has 0 unspecified atom stereocenters. The summed E-state index contributed by atoms with van der Waals surface area (Å²) >= 11 is 0. The van der Waals surface area contributed by atoms with E-state index in [2.05, 4.69) is 13.8 Å². The highest BCUT2D eigenvalue weighted by molar-refractivity contribution is 6.12. The first kappa shape index (κ1) is 19.9. The fourth-order valence-corrected chi connectivity index (χ4v) is 3.95. The summed E-state index contributed by atoms with van der Waals surface area (Å²) in [5, 5.41) is 0. The first-order valence-corrected chi connectivity index (χ1v) is 10.0. The molecule has 25 heavy (non-hydrogen) atoms. The molecule has 0 aromatic carbocycles. The van der Waals surface area contributed by atoms with Gasteiger partial charge in [0.25, 0.3) is 11.8 Å². The van der Waals surface area contributed by atoms with Crippen LogP contribution in [0.4, 0.5) is 0 Å². The predicted molar refractivity (Wildman–Crippen MR) is 98.9 cm³/mol. The highest BCUT2D eigenvalue weighted by atomic mass is 16.2. The van der Waals surface area contributed by atoms with Crippen molar-refractivity contribution in [3.8, 4) is 0 Å². The Balaban J connectivity index is 1.59. The molecule has 1 aliphatic heterocycles. The second kappa shape index (κ2) is 9.88. The highest BCUT2D eigenvalue weighted by Gasteiger charge is 2.30. The number of hydrogen-bond donors (Lipinski definition) is 0. The van der Waals surface area contributed by atoms with Gasteiger partial charge in [0, 0.05) is 31.0 Å². The molecular weight excluding hydrogens is 314 g/mol. The average molecular weight is 347 g/mol. The summed E-state index contributed by atoms with van der Waals surface area (Å²) in [6.07, 6.45) is 13.1. The Morgan fingerprint density at radius 1 is 1.00 bits per heavy atom. The molecule has 1 aliphatic carbocycles. The van der Waals surface area contributed by atoms with E-state index in [0.29, 0.717) is 18.2 Å². The van der Waals surface area contributed by atoms with Gasteiger partial charge in [0.1, 0.15) is 5.78 Å². The third-order valence-corrected chi connectivity index (χ3v) is 5.60. The molecule has 1 saturated carbocycles. The van der Waals surface area contributed by atoms with E-state index in [9.17, 15) is 14.4 Å². The van der Waals surface area contributed by atoms with Crippen molar-refractivity contribution in [2.75, 3.05) is 6.54 Å². The summed E-state index contributed by atoms with van der Waals surface area (Å²) in [4.78, 5) is 37.0. The molecule has 2 amide bonds. The van der Waals surface area contributed by atoms with Gasteiger partial charge in [-0.25, -0.2) is 0 Å². The average Bonchev–Trinajstić information content (AvgIpc) is 2.90. The molecule has 1 heterocycles. The van der Waals surface area contributed by atoms with Gasteiger partial charge in [-0.05, 0) is 43.9 Å². The van der Waals surface area contributed by atoms with Crippen molar-refractivity contribution in [1.82, 2.24) is 4.90 Å². The van der Waals surface area contributed by atoms with Crippen LogP contribution in [0.1, 0.15) is 78.1 Å². The standard InChI is InChI=1S/C21H33NO3/c1-16(2)7-5-3-4-6-8-19(23)18-11-9-17(10-12-18)15-22-20(24)13-14-21(22)25/h13-14,16-18H,3-12,15H2,1-2H3. The van der Waals surface area contributed by atoms with Crippen LogP contribution in [-0.2, 0) is 14.4 Å². The summed E-state index contributed by atoms with van der Waals surface area (Å²) in [7, 11) is 0. The number of carbonyl (C=O) groups excluding carboxylic acids is 3. The minimum absolute atomic E-state index is 0.194. The van der Waals surface area contributed by atoms with Gasteiger partial charge < -0.3 is 0 Å². The monoisotopic (exact) mass is 347 g/mol. The lowest BCUT2D eigenvalue weighted by atomic mass is 9.79. The molecule has 140 valence electrons. The molecule has 1 fully saturated rings. The molecule has 0 N–H and O–H groups in total. The molecule has 4 heteroatoms. The molecule has 2 aliphatic rings. The minimum atomic E-state index is -0.194. The van der Waals surface area contributed by atoms with Crippen LogP contribution < -0.4 is 0 Å². The third kappa shape index (κ3) is 6.41. The van der Waals surface area contributed by atoms with Crippen molar-refractivity contribution < 1.29 is 14.4 Å². The van der Waals surface area contributed by atoms with Crippen LogP contribution in [0.25, 0.3) is 0 Å². The van der Waals surface area contributed by atoms with Gasteiger partial charge in [-0.15, -0.1) is 0 Å². The van der Waals surface area contributed by atoms with Crippen LogP contribution in [0.3, 0.4) is 0 Å². The first-order valence-electron chi connectivity index (χ1n) is 10.0. The summed E-state index contributed by atoms with van der Waals surface area (Å²) in [5.74, 6) is 1.38. The Hall–Kier alpha value is -1.45. The molecule has 0 saturated heterocycles. The fraction of sp³-hybridized carbons (Fsp3) is 0.762. The van der Waals surface area contributed by atoms with Gasteiger partial charge >= 0.3 is 0 Å². The number of ketones is 1. The number of imide groups is 1. The van der Waals surface area contributed by atoms with Crippen LogP contribution in [0.2, 0.25) is 0 Å². The molecule has 0 atom stereocenters. The fourth-order valence-electron chi connectivity index (χ4n) is 3.95. The van der Waals surface area contributed by atoms with E-state index in [1.165, 1.54) is 42.7 Å². The largest absolute Gasteiger partial charge is 0.299 e. The molecule has 0 bridgehead atoms. The van der Waals surface area contributed by atoms with Crippen LogP contribution in [0.15, 0.2) is 12.2 Å². The van der Waals surface area contributed by atoms with Gasteiger partial charge in [-0.2, -0.15) is 0 Å². The maximum atomic E-state index is 12.4. The summed E-state index contributed by atoms with van der Waals surface area (Å²) in [5.41, 5.74) is 0. The molecule has 2 rings (SSSR count). The Bertz CT molecular complexity index is 483. The topological polar surface area (TPSA) is 54.5 Å².